The summed E-state index contributed by atoms with van der Waals surface area (Å²) in [7, 11) is 1.70. The molecule has 27 heavy (non-hydrogen) atoms. The molecule has 5 heteroatoms. The highest BCUT2D eigenvalue weighted by atomic mass is 19.1. The molecule has 1 aromatic heterocycles. The van der Waals surface area contributed by atoms with Crippen LogP contribution in [-0.2, 0) is 4.74 Å². The van der Waals surface area contributed by atoms with E-state index >= 15 is 0 Å². The Labute approximate surface area is 158 Å². The van der Waals surface area contributed by atoms with E-state index in [-0.39, 0.29) is 5.82 Å². The molecule has 0 radical (unpaired) electrons. The molecule has 2 atom stereocenters. The lowest BCUT2D eigenvalue weighted by Gasteiger charge is -2.49. The minimum Gasteiger partial charge on any atom is -0.364 e. The average Bonchev–Trinajstić information content (AvgIpc) is 2.71. The molecule has 2 bridgehead atoms. The number of ether oxygens (including phenoxy) is 1. The first-order valence-electron chi connectivity index (χ1n) is 9.27. The number of hydrogen-bond acceptors (Lipinski definition) is 3. The highest BCUT2D eigenvalue weighted by Crippen LogP contribution is 2.38. The molecule has 0 spiro atoms. The molecular formula is C22H22F2N2O. The van der Waals surface area contributed by atoms with Crippen LogP contribution in [0.1, 0.15) is 29.9 Å². The lowest BCUT2D eigenvalue weighted by Crippen LogP contribution is -2.59. The molecule has 5 rings (SSSR count). The van der Waals surface area contributed by atoms with Gasteiger partial charge in [0.05, 0.1) is 5.92 Å². The molecule has 0 N–H and O–H groups in total. The zero-order chi connectivity index (χ0) is 18.9. The van der Waals surface area contributed by atoms with Gasteiger partial charge in [0.1, 0.15) is 11.4 Å². The van der Waals surface area contributed by atoms with Crippen molar-refractivity contribution < 1.29 is 13.5 Å². The number of pyridine rings is 1. The fourth-order valence-corrected chi connectivity index (χ4v) is 4.25. The molecule has 1 aromatic carbocycles. The van der Waals surface area contributed by atoms with Crippen molar-refractivity contribution in [2.75, 3.05) is 26.7 Å². The Morgan fingerprint density at radius 2 is 1.93 bits per heavy atom. The van der Waals surface area contributed by atoms with E-state index in [0.717, 1.165) is 38.0 Å². The Bertz CT molecular complexity index is 866. The summed E-state index contributed by atoms with van der Waals surface area (Å²) in [6.45, 7) is 2.93. The van der Waals surface area contributed by atoms with E-state index < -0.39 is 17.5 Å². The summed E-state index contributed by atoms with van der Waals surface area (Å²) in [6.07, 6.45) is 3.54. The largest absolute Gasteiger partial charge is 0.364 e. The quantitative estimate of drug-likeness (QED) is 0.611. The molecule has 0 aliphatic carbocycles. The summed E-state index contributed by atoms with van der Waals surface area (Å²) >= 11 is 0. The van der Waals surface area contributed by atoms with Gasteiger partial charge in [0, 0.05) is 31.3 Å². The van der Waals surface area contributed by atoms with Crippen molar-refractivity contribution in [1.82, 2.24) is 9.88 Å². The van der Waals surface area contributed by atoms with Gasteiger partial charge in [-0.05, 0) is 49.7 Å². The fourth-order valence-electron chi connectivity index (χ4n) is 4.25. The number of hydrogen-bond donors (Lipinski definition) is 0. The molecule has 140 valence electrons. The van der Waals surface area contributed by atoms with Crippen LogP contribution in [0.4, 0.5) is 8.78 Å². The van der Waals surface area contributed by atoms with Crippen molar-refractivity contribution >= 4 is 0 Å². The smallest absolute Gasteiger partial charge is 0.217 e. The number of aromatic nitrogens is 1. The molecule has 0 saturated carbocycles. The Kier molecular flexibility index (Phi) is 4.94. The van der Waals surface area contributed by atoms with Crippen molar-refractivity contribution in [3.8, 4) is 11.8 Å². The Hall–Kier alpha value is -2.29. The van der Waals surface area contributed by atoms with Gasteiger partial charge in [-0.15, -0.1) is 0 Å². The molecule has 3 aliphatic rings. The van der Waals surface area contributed by atoms with Crippen molar-refractivity contribution in [2.45, 2.75) is 24.4 Å². The van der Waals surface area contributed by atoms with Crippen molar-refractivity contribution in [2.24, 2.45) is 5.92 Å². The fraction of sp³-hybridized carbons (Fsp3) is 0.409. The number of nitrogens with zero attached hydrogens (tertiary/aromatic N) is 2. The predicted octanol–water partition coefficient (Wildman–Crippen LogP) is 3.61. The Morgan fingerprint density at radius 3 is 2.52 bits per heavy atom. The van der Waals surface area contributed by atoms with Gasteiger partial charge in [-0.2, -0.15) is 4.39 Å². The van der Waals surface area contributed by atoms with Crippen LogP contribution in [0.3, 0.4) is 0 Å². The zero-order valence-corrected chi connectivity index (χ0v) is 15.3. The highest BCUT2D eigenvalue weighted by molar-refractivity contribution is 5.41. The number of rotatable bonds is 3. The van der Waals surface area contributed by atoms with Crippen LogP contribution < -0.4 is 0 Å². The molecule has 3 nitrogen and oxygen atoms in total. The second kappa shape index (κ2) is 7.38. The van der Waals surface area contributed by atoms with E-state index in [2.05, 4.69) is 21.7 Å². The van der Waals surface area contributed by atoms with Crippen molar-refractivity contribution in [3.63, 3.8) is 0 Å². The molecule has 3 saturated heterocycles. The Balaban J connectivity index is 1.75. The normalized spacial score (nSPS) is 27.7. The van der Waals surface area contributed by atoms with E-state index in [9.17, 15) is 8.78 Å². The van der Waals surface area contributed by atoms with Crippen LogP contribution in [0, 0.1) is 29.5 Å². The third-order valence-corrected chi connectivity index (χ3v) is 5.80. The number of fused-ring (bicyclic) bond motifs is 3. The standard InChI is InChI=1S/C22H22F2N2O/c1-27-22(15-26-13-9-17(22)10-14-26)11-8-19(16-4-6-18(23)7-5-16)20-3-2-12-25-21(20)24/h2-7,12,17,19H,9-10,13-15H2,1H3/t19?,22-/m1/s1. The summed E-state index contributed by atoms with van der Waals surface area (Å²) in [5.74, 6) is 5.58. The van der Waals surface area contributed by atoms with Gasteiger partial charge in [-0.1, -0.05) is 30.0 Å². The van der Waals surface area contributed by atoms with Crippen molar-refractivity contribution in [3.05, 3.63) is 65.5 Å². The minimum absolute atomic E-state index is 0.331. The summed E-state index contributed by atoms with van der Waals surface area (Å²) in [6, 6.07) is 9.42. The highest BCUT2D eigenvalue weighted by Gasteiger charge is 2.46. The second-order valence-electron chi connectivity index (χ2n) is 7.28. The number of benzene rings is 1. The van der Waals surface area contributed by atoms with Gasteiger partial charge in [0.2, 0.25) is 5.95 Å². The van der Waals surface area contributed by atoms with Gasteiger partial charge < -0.3 is 4.74 Å². The SMILES string of the molecule is CO[C@]1(C#CC(c2ccc(F)cc2)c2cccnc2F)CN2CCC1CC2. The lowest BCUT2D eigenvalue weighted by molar-refractivity contribution is -0.0962. The molecule has 4 heterocycles. The van der Waals surface area contributed by atoms with E-state index in [1.165, 1.54) is 18.3 Å². The van der Waals surface area contributed by atoms with E-state index in [1.807, 2.05) is 0 Å². The summed E-state index contributed by atoms with van der Waals surface area (Å²) in [5.41, 5.74) is 0.598. The molecular weight excluding hydrogens is 346 g/mol. The van der Waals surface area contributed by atoms with Gasteiger partial charge in [-0.3, -0.25) is 4.90 Å². The maximum atomic E-state index is 14.4. The van der Waals surface area contributed by atoms with Crippen LogP contribution in [0.2, 0.25) is 0 Å². The minimum atomic E-state index is -0.554. The lowest BCUT2D eigenvalue weighted by atomic mass is 9.75. The molecule has 3 aliphatic heterocycles. The van der Waals surface area contributed by atoms with Gasteiger partial charge in [0.15, 0.2) is 0 Å². The first-order chi connectivity index (χ1) is 13.1. The third kappa shape index (κ3) is 3.47. The topological polar surface area (TPSA) is 25.4 Å². The van der Waals surface area contributed by atoms with Gasteiger partial charge in [0.25, 0.3) is 0 Å². The van der Waals surface area contributed by atoms with Crippen LogP contribution in [-0.4, -0.2) is 42.2 Å². The number of piperidine rings is 3. The monoisotopic (exact) mass is 368 g/mol. The predicted molar refractivity (Wildman–Crippen MR) is 99.1 cm³/mol. The van der Waals surface area contributed by atoms with Crippen LogP contribution >= 0.6 is 0 Å². The first-order valence-corrected chi connectivity index (χ1v) is 9.27. The van der Waals surface area contributed by atoms with Gasteiger partial charge in [-0.25, -0.2) is 9.37 Å². The van der Waals surface area contributed by atoms with Crippen LogP contribution in [0.15, 0.2) is 42.6 Å². The summed E-state index contributed by atoms with van der Waals surface area (Å²) in [5, 5.41) is 0. The third-order valence-electron chi connectivity index (χ3n) is 5.80. The Morgan fingerprint density at radius 1 is 1.19 bits per heavy atom. The number of methoxy groups -OCH3 is 1. The summed E-state index contributed by atoms with van der Waals surface area (Å²) < 4.78 is 33.7. The first kappa shape index (κ1) is 18.1. The van der Waals surface area contributed by atoms with E-state index in [0.29, 0.717) is 11.5 Å². The summed E-state index contributed by atoms with van der Waals surface area (Å²) in [4.78, 5) is 6.14. The van der Waals surface area contributed by atoms with Crippen molar-refractivity contribution in [1.29, 1.82) is 0 Å². The second-order valence-corrected chi connectivity index (χ2v) is 7.28. The molecule has 3 fully saturated rings. The number of halogens is 2. The molecule has 1 unspecified atom stereocenters. The molecule has 0 amide bonds. The molecule has 2 aromatic rings. The van der Waals surface area contributed by atoms with Crippen LogP contribution in [0.5, 0.6) is 0 Å². The van der Waals surface area contributed by atoms with Gasteiger partial charge >= 0.3 is 0 Å². The average molecular weight is 368 g/mol. The maximum Gasteiger partial charge on any atom is 0.217 e. The van der Waals surface area contributed by atoms with Crippen LogP contribution in [0.25, 0.3) is 0 Å². The zero-order valence-electron chi connectivity index (χ0n) is 15.3. The maximum absolute atomic E-state index is 14.4. The van der Waals surface area contributed by atoms with E-state index in [1.54, 1.807) is 31.4 Å². The van der Waals surface area contributed by atoms with E-state index in [4.69, 9.17) is 4.74 Å².